The molecule has 0 amide bonds. The molecule has 18 heavy (non-hydrogen) atoms. The van der Waals surface area contributed by atoms with Gasteiger partial charge in [0.15, 0.2) is 0 Å². The van der Waals surface area contributed by atoms with E-state index in [2.05, 4.69) is 29.6 Å². The van der Waals surface area contributed by atoms with Crippen molar-refractivity contribution in [3.8, 4) is 0 Å². The summed E-state index contributed by atoms with van der Waals surface area (Å²) in [6, 6.07) is 8.48. The minimum absolute atomic E-state index is 0.172. The highest BCUT2D eigenvalue weighted by Gasteiger charge is 2.29. The Morgan fingerprint density at radius 1 is 1.39 bits per heavy atom. The van der Waals surface area contributed by atoms with Crippen LogP contribution in [-0.2, 0) is 16.0 Å². The highest BCUT2D eigenvalue weighted by atomic mass is 16.5. The number of hydrogen-bond acceptors (Lipinski definition) is 3. The Labute approximate surface area is 109 Å². The number of methoxy groups -OCH3 is 1. The second kappa shape index (κ2) is 5.53. The second-order valence-corrected chi connectivity index (χ2v) is 5.20. The Morgan fingerprint density at radius 3 is 2.78 bits per heavy atom. The maximum Gasteiger partial charge on any atom is 0.323 e. The number of hydrogen-bond donors (Lipinski definition) is 1. The van der Waals surface area contributed by atoms with Crippen molar-refractivity contribution in [2.75, 3.05) is 7.11 Å². The Hall–Kier alpha value is -1.35. The monoisotopic (exact) mass is 247 g/mol. The first-order valence-electron chi connectivity index (χ1n) is 6.55. The largest absolute Gasteiger partial charge is 0.468 e. The van der Waals surface area contributed by atoms with E-state index in [1.807, 2.05) is 13.8 Å². The van der Waals surface area contributed by atoms with Crippen molar-refractivity contribution in [2.45, 2.75) is 38.8 Å². The smallest absolute Gasteiger partial charge is 0.323 e. The van der Waals surface area contributed by atoms with Crippen LogP contribution >= 0.6 is 0 Å². The molecule has 3 heteroatoms. The molecule has 0 bridgehead atoms. The number of fused-ring (bicyclic) bond motifs is 1. The normalized spacial score (nSPS) is 19.7. The maximum absolute atomic E-state index is 11.8. The van der Waals surface area contributed by atoms with Crippen LogP contribution in [0.5, 0.6) is 0 Å². The Balaban J connectivity index is 2.12. The van der Waals surface area contributed by atoms with Crippen LogP contribution in [0, 0.1) is 5.92 Å². The van der Waals surface area contributed by atoms with Gasteiger partial charge in [-0.25, -0.2) is 0 Å². The SMILES string of the molecule is COC(=O)[C@@H](NC1CCc2ccccc21)C(C)C. The molecular formula is C15H21NO2. The molecule has 98 valence electrons. The Kier molecular flexibility index (Phi) is 4.02. The van der Waals surface area contributed by atoms with E-state index in [9.17, 15) is 4.79 Å². The quantitative estimate of drug-likeness (QED) is 0.831. The molecule has 1 aliphatic rings. The molecule has 2 atom stereocenters. The van der Waals surface area contributed by atoms with E-state index >= 15 is 0 Å². The third-order valence-electron chi connectivity index (χ3n) is 3.64. The van der Waals surface area contributed by atoms with Gasteiger partial charge in [-0.1, -0.05) is 38.1 Å². The molecular weight excluding hydrogens is 226 g/mol. The van der Waals surface area contributed by atoms with Gasteiger partial charge in [-0.15, -0.1) is 0 Å². The molecule has 0 heterocycles. The average Bonchev–Trinajstić information content (AvgIpc) is 2.78. The molecule has 1 aromatic carbocycles. The lowest BCUT2D eigenvalue weighted by Gasteiger charge is -2.24. The van der Waals surface area contributed by atoms with Crippen LogP contribution < -0.4 is 5.32 Å². The summed E-state index contributed by atoms with van der Waals surface area (Å²) >= 11 is 0. The lowest BCUT2D eigenvalue weighted by molar-refractivity contribution is -0.144. The van der Waals surface area contributed by atoms with Crippen molar-refractivity contribution < 1.29 is 9.53 Å². The number of nitrogens with one attached hydrogen (secondary N) is 1. The van der Waals surface area contributed by atoms with E-state index < -0.39 is 0 Å². The summed E-state index contributed by atoms with van der Waals surface area (Å²) in [5.74, 6) is 0.0552. The summed E-state index contributed by atoms with van der Waals surface area (Å²) in [4.78, 5) is 11.8. The van der Waals surface area contributed by atoms with Crippen molar-refractivity contribution in [3.05, 3.63) is 35.4 Å². The standard InChI is InChI=1S/C15H21NO2/c1-10(2)14(15(17)18-3)16-13-9-8-11-6-4-5-7-12(11)13/h4-7,10,13-14,16H,8-9H2,1-3H3/t13?,14-/m0/s1. The highest BCUT2D eigenvalue weighted by molar-refractivity contribution is 5.76. The maximum atomic E-state index is 11.8. The number of benzene rings is 1. The molecule has 3 nitrogen and oxygen atoms in total. The van der Waals surface area contributed by atoms with Crippen molar-refractivity contribution in [1.82, 2.24) is 5.32 Å². The summed E-state index contributed by atoms with van der Waals surface area (Å²) in [7, 11) is 1.45. The number of aryl methyl sites for hydroxylation is 1. The van der Waals surface area contributed by atoms with Crippen LogP contribution in [0.25, 0.3) is 0 Å². The highest BCUT2D eigenvalue weighted by Crippen LogP contribution is 2.31. The molecule has 0 aliphatic heterocycles. The van der Waals surface area contributed by atoms with Gasteiger partial charge in [0.2, 0.25) is 0 Å². The lowest BCUT2D eigenvalue weighted by Crippen LogP contribution is -2.43. The summed E-state index contributed by atoms with van der Waals surface area (Å²) in [6.45, 7) is 4.07. The fourth-order valence-corrected chi connectivity index (χ4v) is 2.61. The van der Waals surface area contributed by atoms with E-state index in [0.717, 1.165) is 12.8 Å². The van der Waals surface area contributed by atoms with E-state index in [1.165, 1.54) is 18.2 Å². The van der Waals surface area contributed by atoms with Gasteiger partial charge in [-0.3, -0.25) is 10.1 Å². The van der Waals surface area contributed by atoms with Gasteiger partial charge in [0.25, 0.3) is 0 Å². The van der Waals surface area contributed by atoms with Gasteiger partial charge in [0.1, 0.15) is 6.04 Å². The number of carbonyl (C=O) groups is 1. The molecule has 0 saturated carbocycles. The van der Waals surface area contributed by atoms with E-state index in [-0.39, 0.29) is 24.0 Å². The van der Waals surface area contributed by atoms with Gasteiger partial charge in [0, 0.05) is 6.04 Å². The molecule has 0 spiro atoms. The Bertz CT molecular complexity index is 428. The first kappa shape index (κ1) is 13.1. The summed E-state index contributed by atoms with van der Waals surface area (Å²) in [5, 5.41) is 3.45. The predicted octanol–water partition coefficient (Wildman–Crippen LogP) is 2.46. The van der Waals surface area contributed by atoms with Crippen LogP contribution in [-0.4, -0.2) is 19.1 Å². The zero-order valence-corrected chi connectivity index (χ0v) is 11.3. The molecule has 2 rings (SSSR count). The molecule has 1 unspecified atom stereocenters. The topological polar surface area (TPSA) is 38.3 Å². The van der Waals surface area contributed by atoms with Crippen molar-refractivity contribution >= 4 is 5.97 Å². The molecule has 0 radical (unpaired) electrons. The Morgan fingerprint density at radius 2 is 2.11 bits per heavy atom. The predicted molar refractivity (Wildman–Crippen MR) is 71.3 cm³/mol. The van der Waals surface area contributed by atoms with Gasteiger partial charge in [-0.2, -0.15) is 0 Å². The molecule has 0 fully saturated rings. The summed E-state index contributed by atoms with van der Waals surface area (Å²) < 4.78 is 4.87. The zero-order chi connectivity index (χ0) is 13.1. The minimum atomic E-state index is -0.230. The number of ether oxygens (including phenoxy) is 1. The molecule has 0 saturated heterocycles. The van der Waals surface area contributed by atoms with Crippen LogP contribution in [0.15, 0.2) is 24.3 Å². The molecule has 0 aromatic heterocycles. The fourth-order valence-electron chi connectivity index (χ4n) is 2.61. The van der Waals surface area contributed by atoms with Crippen LogP contribution in [0.2, 0.25) is 0 Å². The average molecular weight is 247 g/mol. The molecule has 1 aromatic rings. The molecule has 1 N–H and O–H groups in total. The summed E-state index contributed by atoms with van der Waals surface area (Å²) in [5.41, 5.74) is 2.72. The lowest BCUT2D eigenvalue weighted by atomic mass is 10.0. The van der Waals surface area contributed by atoms with Gasteiger partial charge >= 0.3 is 5.97 Å². The zero-order valence-electron chi connectivity index (χ0n) is 11.3. The van der Waals surface area contributed by atoms with Gasteiger partial charge in [-0.05, 0) is 29.9 Å². The third-order valence-corrected chi connectivity index (χ3v) is 3.64. The minimum Gasteiger partial charge on any atom is -0.468 e. The fraction of sp³-hybridized carbons (Fsp3) is 0.533. The van der Waals surface area contributed by atoms with Gasteiger partial charge < -0.3 is 4.74 Å². The number of carbonyl (C=O) groups excluding carboxylic acids is 1. The van der Waals surface area contributed by atoms with Crippen LogP contribution in [0.4, 0.5) is 0 Å². The second-order valence-electron chi connectivity index (χ2n) is 5.20. The number of esters is 1. The van der Waals surface area contributed by atoms with Gasteiger partial charge in [0.05, 0.1) is 7.11 Å². The first-order chi connectivity index (χ1) is 8.63. The van der Waals surface area contributed by atoms with E-state index in [1.54, 1.807) is 0 Å². The number of rotatable bonds is 4. The van der Waals surface area contributed by atoms with Crippen molar-refractivity contribution in [1.29, 1.82) is 0 Å². The van der Waals surface area contributed by atoms with E-state index in [0.29, 0.717) is 0 Å². The third kappa shape index (κ3) is 2.56. The summed E-state index contributed by atoms with van der Waals surface area (Å²) in [6.07, 6.45) is 2.14. The van der Waals surface area contributed by atoms with E-state index in [4.69, 9.17) is 4.74 Å². The van der Waals surface area contributed by atoms with Crippen molar-refractivity contribution in [2.24, 2.45) is 5.92 Å². The molecule has 1 aliphatic carbocycles. The van der Waals surface area contributed by atoms with Crippen LogP contribution in [0.1, 0.15) is 37.4 Å². The van der Waals surface area contributed by atoms with Crippen LogP contribution in [0.3, 0.4) is 0 Å². The first-order valence-corrected chi connectivity index (χ1v) is 6.55. The van der Waals surface area contributed by atoms with Crippen molar-refractivity contribution in [3.63, 3.8) is 0 Å².